The molecule has 2 heterocycles. The van der Waals surface area contributed by atoms with Gasteiger partial charge in [0.2, 0.25) is 5.91 Å². The maximum absolute atomic E-state index is 12.6. The van der Waals surface area contributed by atoms with Crippen LogP contribution in [0.25, 0.3) is 0 Å². The van der Waals surface area contributed by atoms with Crippen LogP contribution in [-0.2, 0) is 9.59 Å². The molecule has 1 aliphatic heterocycles. The summed E-state index contributed by atoms with van der Waals surface area (Å²) in [4.78, 5) is 28.0. The molecule has 1 aliphatic rings. The van der Waals surface area contributed by atoms with E-state index in [1.54, 1.807) is 23.5 Å². The first kappa shape index (κ1) is 18.3. The van der Waals surface area contributed by atoms with E-state index >= 15 is 0 Å². The molecule has 0 spiro atoms. The minimum atomic E-state index is -0.221. The third-order valence-electron chi connectivity index (χ3n) is 4.25. The smallest absolute Gasteiger partial charge is 0.267 e. The van der Waals surface area contributed by atoms with Crippen LogP contribution in [0.2, 0.25) is 0 Å². The van der Waals surface area contributed by atoms with E-state index in [2.05, 4.69) is 21.4 Å². The average Bonchev–Trinajstić information content (AvgIpc) is 3.17. The van der Waals surface area contributed by atoms with Crippen molar-refractivity contribution in [2.75, 3.05) is 25.6 Å². The van der Waals surface area contributed by atoms with E-state index in [0.29, 0.717) is 24.4 Å². The molecular formula is C19H22N4O2S. The van der Waals surface area contributed by atoms with Gasteiger partial charge in [-0.05, 0) is 37.7 Å². The Morgan fingerprint density at radius 1 is 1.23 bits per heavy atom. The highest BCUT2D eigenvalue weighted by Gasteiger charge is 2.26. The highest BCUT2D eigenvalue weighted by molar-refractivity contribution is 7.10. The van der Waals surface area contributed by atoms with Crippen molar-refractivity contribution in [3.05, 3.63) is 52.7 Å². The van der Waals surface area contributed by atoms with Gasteiger partial charge in [0.1, 0.15) is 5.71 Å². The maximum atomic E-state index is 12.6. The van der Waals surface area contributed by atoms with Gasteiger partial charge in [-0.15, -0.1) is 11.3 Å². The second kappa shape index (κ2) is 8.25. The first-order valence-corrected chi connectivity index (χ1v) is 9.37. The summed E-state index contributed by atoms with van der Waals surface area (Å²) in [5, 5.41) is 10.6. The van der Waals surface area contributed by atoms with Crippen molar-refractivity contribution in [2.45, 2.75) is 18.9 Å². The number of amides is 2. The van der Waals surface area contributed by atoms with Crippen molar-refractivity contribution in [3.63, 3.8) is 0 Å². The van der Waals surface area contributed by atoms with Gasteiger partial charge in [-0.1, -0.05) is 24.3 Å². The third-order valence-corrected chi connectivity index (χ3v) is 5.22. The van der Waals surface area contributed by atoms with Crippen LogP contribution < -0.4 is 10.3 Å². The lowest BCUT2D eigenvalue weighted by atomic mass is 10.1. The van der Waals surface area contributed by atoms with Crippen molar-refractivity contribution in [1.82, 2.24) is 10.2 Å². The number of benzene rings is 1. The molecular weight excluding hydrogens is 348 g/mol. The highest BCUT2D eigenvalue weighted by atomic mass is 32.1. The SMILES string of the molecule is CN(C)C(CNC(=O)C1=NN(c2ccccc2)C(=O)CC1)c1cccs1. The fraction of sp³-hybridized carbons (Fsp3) is 0.316. The topological polar surface area (TPSA) is 65.0 Å². The monoisotopic (exact) mass is 370 g/mol. The lowest BCUT2D eigenvalue weighted by Crippen LogP contribution is -2.41. The number of thiophene rings is 1. The predicted octanol–water partition coefficient (Wildman–Crippen LogP) is 2.65. The zero-order chi connectivity index (χ0) is 18.5. The predicted molar refractivity (Wildman–Crippen MR) is 104 cm³/mol. The second-order valence-corrected chi connectivity index (χ2v) is 7.27. The van der Waals surface area contributed by atoms with Gasteiger partial charge in [-0.3, -0.25) is 9.59 Å². The average molecular weight is 370 g/mol. The summed E-state index contributed by atoms with van der Waals surface area (Å²) < 4.78 is 0. The molecule has 3 rings (SSSR count). The lowest BCUT2D eigenvalue weighted by Gasteiger charge is -2.25. The van der Waals surface area contributed by atoms with Crippen LogP contribution in [0.4, 0.5) is 5.69 Å². The van der Waals surface area contributed by atoms with Crippen LogP contribution in [0.15, 0.2) is 52.9 Å². The normalized spacial score (nSPS) is 15.7. The van der Waals surface area contributed by atoms with E-state index in [1.165, 1.54) is 9.89 Å². The zero-order valence-electron chi connectivity index (χ0n) is 14.9. The fourth-order valence-corrected chi connectivity index (χ4v) is 3.72. The Morgan fingerprint density at radius 3 is 2.65 bits per heavy atom. The van der Waals surface area contributed by atoms with Gasteiger partial charge in [-0.25, -0.2) is 5.01 Å². The van der Waals surface area contributed by atoms with Crippen molar-refractivity contribution in [1.29, 1.82) is 0 Å². The molecule has 0 saturated carbocycles. The van der Waals surface area contributed by atoms with Crippen LogP contribution in [0.5, 0.6) is 0 Å². The first-order chi connectivity index (χ1) is 12.6. The van der Waals surface area contributed by atoms with Crippen LogP contribution in [-0.4, -0.2) is 43.1 Å². The number of nitrogens with one attached hydrogen (secondary N) is 1. The number of carbonyl (C=O) groups is 2. The standard InChI is InChI=1S/C19H22N4O2S/c1-22(2)16(17-9-6-12-26-17)13-20-19(25)15-10-11-18(24)23(21-15)14-7-4-3-5-8-14/h3-9,12,16H,10-11,13H2,1-2H3,(H,20,25). The summed E-state index contributed by atoms with van der Waals surface area (Å²) in [5.41, 5.74) is 1.06. The molecule has 1 aromatic heterocycles. The van der Waals surface area contributed by atoms with Crippen molar-refractivity contribution in [3.8, 4) is 0 Å². The number of hydrazone groups is 1. The van der Waals surface area contributed by atoms with E-state index in [9.17, 15) is 9.59 Å². The fourth-order valence-electron chi connectivity index (χ4n) is 2.80. The summed E-state index contributed by atoms with van der Waals surface area (Å²) in [6.45, 7) is 0.491. The Morgan fingerprint density at radius 2 is 2.00 bits per heavy atom. The molecule has 2 aromatic rings. The minimum Gasteiger partial charge on any atom is -0.349 e. The molecule has 136 valence electrons. The maximum Gasteiger partial charge on any atom is 0.267 e. The zero-order valence-corrected chi connectivity index (χ0v) is 15.7. The number of carbonyl (C=O) groups excluding carboxylic acids is 2. The van der Waals surface area contributed by atoms with E-state index in [0.717, 1.165) is 0 Å². The molecule has 7 heteroatoms. The van der Waals surface area contributed by atoms with Crippen LogP contribution in [0.1, 0.15) is 23.8 Å². The molecule has 6 nitrogen and oxygen atoms in total. The van der Waals surface area contributed by atoms with Crippen molar-refractivity contribution < 1.29 is 9.59 Å². The molecule has 1 aromatic carbocycles. The molecule has 1 atom stereocenters. The molecule has 0 radical (unpaired) electrons. The van der Waals surface area contributed by atoms with Gasteiger partial charge in [0.05, 0.1) is 11.7 Å². The Labute approximate surface area is 157 Å². The number of likely N-dealkylation sites (N-methyl/N-ethyl adjacent to an activating group) is 1. The van der Waals surface area contributed by atoms with E-state index in [-0.39, 0.29) is 24.3 Å². The van der Waals surface area contributed by atoms with E-state index < -0.39 is 0 Å². The van der Waals surface area contributed by atoms with Crippen LogP contribution >= 0.6 is 11.3 Å². The Balaban J connectivity index is 1.70. The lowest BCUT2D eigenvalue weighted by molar-refractivity contribution is -0.119. The highest BCUT2D eigenvalue weighted by Crippen LogP contribution is 2.23. The van der Waals surface area contributed by atoms with Crippen LogP contribution in [0, 0.1) is 0 Å². The van der Waals surface area contributed by atoms with Gasteiger partial charge in [0, 0.05) is 24.3 Å². The number of anilines is 1. The molecule has 1 N–H and O–H groups in total. The van der Waals surface area contributed by atoms with E-state index in [1.807, 2.05) is 43.7 Å². The number of nitrogens with zero attached hydrogens (tertiary/aromatic N) is 3. The molecule has 2 amide bonds. The van der Waals surface area contributed by atoms with Gasteiger partial charge in [0.25, 0.3) is 5.91 Å². The van der Waals surface area contributed by atoms with Gasteiger partial charge in [0.15, 0.2) is 0 Å². The number of hydrogen-bond donors (Lipinski definition) is 1. The molecule has 0 saturated heterocycles. The van der Waals surface area contributed by atoms with Gasteiger partial charge in [-0.2, -0.15) is 5.10 Å². The summed E-state index contributed by atoms with van der Waals surface area (Å²) in [5.74, 6) is -0.320. The van der Waals surface area contributed by atoms with Crippen LogP contribution in [0.3, 0.4) is 0 Å². The molecule has 0 aliphatic carbocycles. The summed E-state index contributed by atoms with van der Waals surface area (Å²) in [6.07, 6.45) is 0.642. The Bertz CT molecular complexity index is 787. The number of hydrogen-bond acceptors (Lipinski definition) is 5. The third kappa shape index (κ3) is 4.17. The van der Waals surface area contributed by atoms with Gasteiger partial charge >= 0.3 is 0 Å². The first-order valence-electron chi connectivity index (χ1n) is 8.50. The summed E-state index contributed by atoms with van der Waals surface area (Å²) in [7, 11) is 3.98. The van der Waals surface area contributed by atoms with E-state index in [4.69, 9.17) is 0 Å². The molecule has 0 bridgehead atoms. The quantitative estimate of drug-likeness (QED) is 0.850. The molecule has 26 heavy (non-hydrogen) atoms. The number of rotatable bonds is 6. The summed E-state index contributed by atoms with van der Waals surface area (Å²) in [6, 6.07) is 13.4. The second-order valence-electron chi connectivity index (χ2n) is 6.29. The van der Waals surface area contributed by atoms with Crippen molar-refractivity contribution in [2.24, 2.45) is 5.10 Å². The van der Waals surface area contributed by atoms with Gasteiger partial charge < -0.3 is 10.2 Å². The van der Waals surface area contributed by atoms with Crippen molar-refractivity contribution >= 4 is 34.6 Å². The minimum absolute atomic E-state index is 0.0995. The Hall–Kier alpha value is -2.51. The Kier molecular flexibility index (Phi) is 5.80. The molecule has 1 unspecified atom stereocenters. The number of para-hydroxylation sites is 1. The molecule has 0 fully saturated rings. The summed E-state index contributed by atoms with van der Waals surface area (Å²) >= 11 is 1.67. The largest absolute Gasteiger partial charge is 0.349 e.